The number of thioether (sulfide) groups is 1. The van der Waals surface area contributed by atoms with Gasteiger partial charge < -0.3 is 10.6 Å². The van der Waals surface area contributed by atoms with E-state index in [1.54, 1.807) is 6.92 Å². The van der Waals surface area contributed by atoms with Crippen LogP contribution in [0.1, 0.15) is 25.3 Å². The van der Waals surface area contributed by atoms with E-state index in [0.29, 0.717) is 4.75 Å². The van der Waals surface area contributed by atoms with Gasteiger partial charge in [-0.05, 0) is 43.0 Å². The maximum absolute atomic E-state index is 11.5. The van der Waals surface area contributed by atoms with Gasteiger partial charge in [-0.25, -0.2) is 0 Å². The van der Waals surface area contributed by atoms with Gasteiger partial charge in [0.2, 0.25) is 5.91 Å². The van der Waals surface area contributed by atoms with Gasteiger partial charge in [0.25, 0.3) is 0 Å². The second-order valence-corrected chi connectivity index (χ2v) is 6.74. The topological polar surface area (TPSA) is 46.3 Å². The Kier molecular flexibility index (Phi) is 2.87. The molecule has 1 aliphatic heterocycles. The maximum atomic E-state index is 11.5. The molecule has 0 radical (unpaired) electrons. The summed E-state index contributed by atoms with van der Waals surface area (Å²) >= 11 is 1.90. The van der Waals surface area contributed by atoms with Crippen molar-refractivity contribution in [3.05, 3.63) is 23.8 Å². The lowest BCUT2D eigenvalue weighted by atomic mass is 10.2. The van der Waals surface area contributed by atoms with Crippen molar-refractivity contribution in [2.24, 2.45) is 5.73 Å². The van der Waals surface area contributed by atoms with Crippen LogP contribution in [0.3, 0.4) is 0 Å². The zero-order chi connectivity index (χ0) is 12.8. The summed E-state index contributed by atoms with van der Waals surface area (Å²) in [5, 5.41) is 0. The largest absolute Gasteiger partial charge is 0.329 e. The predicted octanol–water partition coefficient (Wildman–Crippen LogP) is 2.18. The van der Waals surface area contributed by atoms with Crippen LogP contribution in [0.2, 0.25) is 0 Å². The molecular formula is C14H18N2OS. The first-order valence-electron chi connectivity index (χ1n) is 6.44. The molecule has 1 aliphatic carbocycles. The Balaban J connectivity index is 1.82. The van der Waals surface area contributed by atoms with Gasteiger partial charge in [0.1, 0.15) is 0 Å². The van der Waals surface area contributed by atoms with Gasteiger partial charge >= 0.3 is 0 Å². The number of anilines is 1. The molecule has 0 aromatic heterocycles. The van der Waals surface area contributed by atoms with Crippen molar-refractivity contribution in [3.63, 3.8) is 0 Å². The van der Waals surface area contributed by atoms with E-state index in [1.165, 1.54) is 23.3 Å². The molecule has 1 aromatic carbocycles. The summed E-state index contributed by atoms with van der Waals surface area (Å²) in [5.74, 6) is 0.134. The highest BCUT2D eigenvalue weighted by molar-refractivity contribution is 8.01. The van der Waals surface area contributed by atoms with Gasteiger partial charge in [-0.1, -0.05) is 0 Å². The summed E-state index contributed by atoms with van der Waals surface area (Å²) in [7, 11) is 0. The second kappa shape index (κ2) is 4.28. The average molecular weight is 262 g/mol. The quantitative estimate of drug-likeness (QED) is 0.908. The molecule has 1 heterocycles. The van der Waals surface area contributed by atoms with E-state index in [1.807, 2.05) is 16.7 Å². The lowest BCUT2D eigenvalue weighted by molar-refractivity contribution is -0.116. The molecule has 0 atom stereocenters. The number of fused-ring (bicyclic) bond motifs is 1. The summed E-state index contributed by atoms with van der Waals surface area (Å²) in [6, 6.07) is 6.44. The summed E-state index contributed by atoms with van der Waals surface area (Å²) in [5.41, 5.74) is 8.20. The van der Waals surface area contributed by atoms with Crippen LogP contribution in [0.15, 0.2) is 23.1 Å². The minimum atomic E-state index is 0.134. The van der Waals surface area contributed by atoms with Crippen molar-refractivity contribution in [1.29, 1.82) is 0 Å². The molecule has 2 N–H and O–H groups in total. The first-order valence-corrected chi connectivity index (χ1v) is 7.25. The number of hydrogen-bond acceptors (Lipinski definition) is 3. The molecule has 1 saturated carbocycles. The fraction of sp³-hybridized carbons (Fsp3) is 0.500. The van der Waals surface area contributed by atoms with Gasteiger partial charge in [-0.2, -0.15) is 0 Å². The minimum Gasteiger partial charge on any atom is -0.329 e. The Bertz CT molecular complexity index is 497. The fourth-order valence-corrected chi connectivity index (χ4v) is 3.73. The highest BCUT2D eigenvalue weighted by Crippen LogP contribution is 2.51. The van der Waals surface area contributed by atoms with E-state index in [0.717, 1.165) is 25.2 Å². The molecule has 0 saturated heterocycles. The summed E-state index contributed by atoms with van der Waals surface area (Å²) in [6.45, 7) is 3.21. The summed E-state index contributed by atoms with van der Waals surface area (Å²) in [4.78, 5) is 14.6. The van der Waals surface area contributed by atoms with Crippen LogP contribution in [0.25, 0.3) is 0 Å². The molecular weight excluding hydrogens is 244 g/mol. The molecule has 0 bridgehead atoms. The third kappa shape index (κ3) is 2.04. The zero-order valence-electron chi connectivity index (χ0n) is 10.6. The van der Waals surface area contributed by atoms with Crippen molar-refractivity contribution in [1.82, 2.24) is 0 Å². The lowest BCUT2D eigenvalue weighted by Crippen LogP contribution is -2.25. The average Bonchev–Trinajstić information content (AvgIpc) is 2.99. The van der Waals surface area contributed by atoms with Crippen LogP contribution in [-0.4, -0.2) is 23.7 Å². The van der Waals surface area contributed by atoms with Crippen molar-refractivity contribution in [2.45, 2.75) is 35.8 Å². The van der Waals surface area contributed by atoms with E-state index in [9.17, 15) is 4.79 Å². The zero-order valence-corrected chi connectivity index (χ0v) is 11.4. The molecule has 0 unspecified atom stereocenters. The standard InChI is InChI=1S/C14H18N2OS/c1-10(17)16-7-4-11-8-12(2-3-13(11)16)18-14(9-15)5-6-14/h2-3,8H,4-7,9,15H2,1H3. The van der Waals surface area contributed by atoms with Crippen LogP contribution in [0.5, 0.6) is 0 Å². The first kappa shape index (κ1) is 12.1. The Morgan fingerprint density at radius 3 is 2.89 bits per heavy atom. The Morgan fingerprint density at radius 2 is 2.28 bits per heavy atom. The van der Waals surface area contributed by atoms with E-state index >= 15 is 0 Å². The predicted molar refractivity (Wildman–Crippen MR) is 75.0 cm³/mol. The third-order valence-corrected chi connectivity index (χ3v) is 5.34. The second-order valence-electron chi connectivity index (χ2n) is 5.20. The van der Waals surface area contributed by atoms with Gasteiger partial charge in [0, 0.05) is 35.3 Å². The number of benzene rings is 1. The number of amides is 1. The molecule has 18 heavy (non-hydrogen) atoms. The van der Waals surface area contributed by atoms with E-state index in [-0.39, 0.29) is 5.91 Å². The normalized spacial score (nSPS) is 19.8. The Hall–Kier alpha value is -1.00. The van der Waals surface area contributed by atoms with Crippen LogP contribution >= 0.6 is 11.8 Å². The van der Waals surface area contributed by atoms with Gasteiger partial charge in [0.05, 0.1) is 0 Å². The number of nitrogens with zero attached hydrogens (tertiary/aromatic N) is 1. The smallest absolute Gasteiger partial charge is 0.223 e. The van der Waals surface area contributed by atoms with Gasteiger partial charge in [0.15, 0.2) is 0 Å². The summed E-state index contributed by atoms with van der Waals surface area (Å²) < 4.78 is 0.299. The fourth-order valence-electron chi connectivity index (χ4n) is 2.51. The van der Waals surface area contributed by atoms with Crippen LogP contribution in [0.4, 0.5) is 5.69 Å². The molecule has 4 heteroatoms. The molecule has 1 aromatic rings. The number of rotatable bonds is 3. The lowest BCUT2D eigenvalue weighted by Gasteiger charge is -2.16. The molecule has 2 aliphatic rings. The van der Waals surface area contributed by atoms with Crippen molar-refractivity contribution in [3.8, 4) is 0 Å². The molecule has 0 spiro atoms. The van der Waals surface area contributed by atoms with E-state index in [4.69, 9.17) is 5.73 Å². The number of carbonyl (C=O) groups excluding carboxylic acids is 1. The monoisotopic (exact) mass is 262 g/mol. The first-order chi connectivity index (χ1) is 8.63. The third-order valence-electron chi connectivity index (χ3n) is 3.84. The van der Waals surface area contributed by atoms with Gasteiger partial charge in [-0.15, -0.1) is 11.8 Å². The van der Waals surface area contributed by atoms with Crippen molar-refractivity contribution in [2.75, 3.05) is 18.0 Å². The van der Waals surface area contributed by atoms with Crippen molar-refractivity contribution < 1.29 is 4.79 Å². The molecule has 1 fully saturated rings. The van der Waals surface area contributed by atoms with Crippen LogP contribution in [-0.2, 0) is 11.2 Å². The molecule has 96 valence electrons. The number of hydrogen-bond donors (Lipinski definition) is 1. The number of carbonyl (C=O) groups is 1. The molecule has 3 rings (SSSR count). The highest BCUT2D eigenvalue weighted by Gasteiger charge is 2.42. The minimum absolute atomic E-state index is 0.134. The van der Waals surface area contributed by atoms with E-state index < -0.39 is 0 Å². The highest BCUT2D eigenvalue weighted by atomic mass is 32.2. The van der Waals surface area contributed by atoms with Crippen molar-refractivity contribution >= 4 is 23.4 Å². The number of nitrogens with two attached hydrogens (primary N) is 1. The van der Waals surface area contributed by atoms with Crippen LogP contribution < -0.4 is 10.6 Å². The van der Waals surface area contributed by atoms with E-state index in [2.05, 4.69) is 18.2 Å². The van der Waals surface area contributed by atoms with Crippen LogP contribution in [0, 0.1) is 0 Å². The molecule has 1 amide bonds. The summed E-state index contributed by atoms with van der Waals surface area (Å²) in [6.07, 6.45) is 3.43. The SMILES string of the molecule is CC(=O)N1CCc2cc(SC3(CN)CC3)ccc21. The maximum Gasteiger partial charge on any atom is 0.223 e. The Labute approximate surface area is 112 Å². The molecule has 3 nitrogen and oxygen atoms in total. The van der Waals surface area contributed by atoms with Gasteiger partial charge in [-0.3, -0.25) is 4.79 Å². The Morgan fingerprint density at radius 1 is 1.50 bits per heavy atom.